The zero-order valence-corrected chi connectivity index (χ0v) is 13.9. The zero-order valence-electron chi connectivity index (χ0n) is 13.9. The van der Waals surface area contributed by atoms with Crippen molar-refractivity contribution in [1.29, 1.82) is 0 Å². The Labute approximate surface area is 139 Å². The van der Waals surface area contributed by atoms with Gasteiger partial charge in [0.1, 0.15) is 6.04 Å². The van der Waals surface area contributed by atoms with Crippen LogP contribution in [0.25, 0.3) is 0 Å². The first-order valence-electron chi connectivity index (χ1n) is 7.34. The smallest absolute Gasteiger partial charge is 0.203 e. The Hall–Kier alpha value is -2.76. The first-order valence-corrected chi connectivity index (χ1v) is 7.34. The number of hydrogen-bond donors (Lipinski definition) is 0. The van der Waals surface area contributed by atoms with Gasteiger partial charge in [0.15, 0.2) is 23.1 Å². The topological polar surface area (TPSA) is 49.3 Å². The molecule has 24 heavy (non-hydrogen) atoms. The number of methoxy groups -OCH3 is 4. The molecule has 0 saturated carbocycles. The van der Waals surface area contributed by atoms with Crippen LogP contribution in [0.4, 0.5) is 4.39 Å². The van der Waals surface area contributed by atoms with E-state index >= 15 is 0 Å². The van der Waals surface area contributed by atoms with Gasteiger partial charge in [-0.05, 0) is 35.9 Å². The van der Waals surface area contributed by atoms with E-state index in [0.717, 1.165) is 16.8 Å². The van der Waals surface area contributed by atoms with E-state index in [0.29, 0.717) is 17.2 Å². The van der Waals surface area contributed by atoms with Crippen molar-refractivity contribution in [1.82, 2.24) is 0 Å². The lowest BCUT2D eigenvalue weighted by Gasteiger charge is -2.13. The summed E-state index contributed by atoms with van der Waals surface area (Å²) in [6, 6.07) is 8.36. The maximum Gasteiger partial charge on any atom is 0.203 e. The quantitative estimate of drug-likeness (QED) is 0.814. The molecule has 2 aromatic carbocycles. The SMILES string of the molecule is COc1ccc(C2=N[C@H]2c2cc(OC)c(OC)c(OC)c2)cc1F. The number of aliphatic imine (C=N–C) groups is 1. The molecule has 0 amide bonds. The van der Waals surface area contributed by atoms with Crippen LogP contribution in [0.2, 0.25) is 0 Å². The molecule has 5 nitrogen and oxygen atoms in total. The highest BCUT2D eigenvalue weighted by Gasteiger charge is 2.33. The van der Waals surface area contributed by atoms with Gasteiger partial charge < -0.3 is 18.9 Å². The lowest BCUT2D eigenvalue weighted by Crippen LogP contribution is -2.00. The van der Waals surface area contributed by atoms with E-state index in [1.807, 2.05) is 12.1 Å². The van der Waals surface area contributed by atoms with E-state index in [2.05, 4.69) is 4.99 Å². The molecule has 1 atom stereocenters. The highest BCUT2D eigenvalue weighted by Crippen LogP contribution is 2.44. The molecular weight excluding hydrogens is 313 g/mol. The van der Waals surface area contributed by atoms with E-state index in [-0.39, 0.29) is 11.8 Å². The van der Waals surface area contributed by atoms with Crippen LogP contribution in [0.1, 0.15) is 17.2 Å². The number of rotatable bonds is 6. The van der Waals surface area contributed by atoms with Crippen LogP contribution in [0.5, 0.6) is 23.0 Å². The Morgan fingerprint density at radius 1 is 0.833 bits per heavy atom. The second-order valence-corrected chi connectivity index (χ2v) is 5.22. The largest absolute Gasteiger partial charge is 0.494 e. The number of hydrogen-bond acceptors (Lipinski definition) is 5. The van der Waals surface area contributed by atoms with Crippen molar-refractivity contribution < 1.29 is 23.3 Å². The Morgan fingerprint density at radius 2 is 1.46 bits per heavy atom. The van der Waals surface area contributed by atoms with Crippen molar-refractivity contribution in [2.45, 2.75) is 6.04 Å². The fourth-order valence-corrected chi connectivity index (χ4v) is 2.65. The molecule has 0 fully saturated rings. The van der Waals surface area contributed by atoms with Crippen molar-refractivity contribution in [3.63, 3.8) is 0 Å². The van der Waals surface area contributed by atoms with Gasteiger partial charge in [0, 0.05) is 5.56 Å². The van der Waals surface area contributed by atoms with Crippen LogP contribution < -0.4 is 18.9 Å². The molecule has 6 heteroatoms. The zero-order chi connectivity index (χ0) is 17.3. The van der Waals surface area contributed by atoms with Gasteiger partial charge >= 0.3 is 0 Å². The van der Waals surface area contributed by atoms with Gasteiger partial charge in [0.2, 0.25) is 5.75 Å². The molecule has 3 rings (SSSR count). The second-order valence-electron chi connectivity index (χ2n) is 5.22. The van der Waals surface area contributed by atoms with Crippen molar-refractivity contribution in [2.75, 3.05) is 28.4 Å². The molecule has 0 aromatic heterocycles. The predicted molar refractivity (Wildman–Crippen MR) is 88.3 cm³/mol. The van der Waals surface area contributed by atoms with Gasteiger partial charge in [-0.15, -0.1) is 0 Å². The average molecular weight is 331 g/mol. The molecule has 0 N–H and O–H groups in total. The van der Waals surface area contributed by atoms with Crippen LogP contribution in [0.3, 0.4) is 0 Å². The normalized spacial score (nSPS) is 15.5. The highest BCUT2D eigenvalue weighted by atomic mass is 19.1. The summed E-state index contributed by atoms with van der Waals surface area (Å²) < 4.78 is 34.8. The van der Waals surface area contributed by atoms with Crippen molar-refractivity contribution in [3.05, 3.63) is 47.3 Å². The summed E-state index contributed by atoms with van der Waals surface area (Å²) in [5.74, 6) is 1.46. The summed E-state index contributed by atoms with van der Waals surface area (Å²) in [6.45, 7) is 0. The molecule has 0 aliphatic carbocycles. The van der Waals surface area contributed by atoms with Crippen molar-refractivity contribution >= 4 is 5.71 Å². The van der Waals surface area contributed by atoms with Crippen LogP contribution in [0, 0.1) is 5.82 Å². The first-order chi connectivity index (χ1) is 11.6. The number of ether oxygens (including phenoxy) is 4. The van der Waals surface area contributed by atoms with Crippen LogP contribution >= 0.6 is 0 Å². The molecule has 0 spiro atoms. The Morgan fingerprint density at radius 3 is 1.96 bits per heavy atom. The molecular formula is C18H18FNO4. The third-order valence-corrected chi connectivity index (χ3v) is 3.91. The number of benzene rings is 2. The molecule has 1 heterocycles. The molecule has 1 aliphatic heterocycles. The third kappa shape index (κ3) is 2.75. The van der Waals surface area contributed by atoms with Crippen LogP contribution in [-0.4, -0.2) is 34.2 Å². The summed E-state index contributed by atoms with van der Waals surface area (Å²) in [6.07, 6.45) is 0. The summed E-state index contributed by atoms with van der Waals surface area (Å²) >= 11 is 0. The lowest BCUT2D eigenvalue weighted by molar-refractivity contribution is 0.324. The Bertz CT molecular complexity index is 779. The Kier molecular flexibility index (Phi) is 4.29. The molecule has 0 bridgehead atoms. The number of halogens is 1. The van der Waals surface area contributed by atoms with E-state index in [4.69, 9.17) is 18.9 Å². The maximum atomic E-state index is 13.9. The molecule has 0 saturated heterocycles. The van der Waals surface area contributed by atoms with Crippen LogP contribution in [0.15, 0.2) is 35.3 Å². The summed E-state index contributed by atoms with van der Waals surface area (Å²) in [5.41, 5.74) is 2.44. The van der Waals surface area contributed by atoms with Gasteiger partial charge in [-0.2, -0.15) is 0 Å². The van der Waals surface area contributed by atoms with Gasteiger partial charge in [-0.1, -0.05) is 0 Å². The minimum Gasteiger partial charge on any atom is -0.494 e. The van der Waals surface area contributed by atoms with Gasteiger partial charge in [0.25, 0.3) is 0 Å². The monoisotopic (exact) mass is 331 g/mol. The summed E-state index contributed by atoms with van der Waals surface area (Å²) in [7, 11) is 6.12. The molecule has 0 radical (unpaired) electrons. The Balaban J connectivity index is 1.89. The maximum absolute atomic E-state index is 13.9. The van der Waals surface area contributed by atoms with E-state index in [1.54, 1.807) is 33.5 Å². The molecule has 126 valence electrons. The summed E-state index contributed by atoms with van der Waals surface area (Å²) in [4.78, 5) is 4.46. The van der Waals surface area contributed by atoms with E-state index in [1.165, 1.54) is 13.2 Å². The fraction of sp³-hybridized carbons (Fsp3) is 0.278. The van der Waals surface area contributed by atoms with E-state index < -0.39 is 5.82 Å². The van der Waals surface area contributed by atoms with Gasteiger partial charge in [0.05, 0.1) is 34.2 Å². The third-order valence-electron chi connectivity index (χ3n) is 3.91. The predicted octanol–water partition coefficient (Wildman–Crippen LogP) is 3.40. The lowest BCUT2D eigenvalue weighted by atomic mass is 10.0. The van der Waals surface area contributed by atoms with Crippen LogP contribution in [-0.2, 0) is 0 Å². The van der Waals surface area contributed by atoms with Crippen molar-refractivity contribution in [3.8, 4) is 23.0 Å². The van der Waals surface area contributed by atoms with E-state index in [9.17, 15) is 4.39 Å². The van der Waals surface area contributed by atoms with Gasteiger partial charge in [-0.25, -0.2) is 4.39 Å². The fourth-order valence-electron chi connectivity index (χ4n) is 2.65. The minimum atomic E-state index is -0.409. The molecule has 1 aliphatic rings. The second kappa shape index (κ2) is 6.39. The molecule has 0 unspecified atom stereocenters. The molecule has 2 aromatic rings. The van der Waals surface area contributed by atoms with Gasteiger partial charge in [-0.3, -0.25) is 4.99 Å². The minimum absolute atomic E-state index is 0.147. The number of nitrogens with zero attached hydrogens (tertiary/aromatic N) is 1. The summed E-state index contributed by atoms with van der Waals surface area (Å²) in [5, 5.41) is 0. The standard InChI is InChI=1S/C18H18FNO4/c1-21-13-6-5-10(7-12(13)19)16-17(20-16)11-8-14(22-2)18(24-4)15(9-11)23-3/h5-9,17H,1-4H3/t17-/m0/s1. The average Bonchev–Trinajstić information content (AvgIpc) is 3.41. The van der Waals surface area contributed by atoms with Crippen molar-refractivity contribution in [2.24, 2.45) is 4.99 Å². The first kappa shape index (κ1) is 16.1. The highest BCUT2D eigenvalue weighted by molar-refractivity contribution is 6.13.